The number of hydrogen-bond acceptors (Lipinski definition) is 4. The molecule has 0 aromatic heterocycles. The van der Waals surface area contributed by atoms with E-state index in [2.05, 4.69) is 16.0 Å². The van der Waals surface area contributed by atoms with Crippen molar-refractivity contribution < 1.29 is 23.1 Å². The Balaban J connectivity index is 1.77. The topological polar surface area (TPSA) is 82.7 Å². The number of nitrogens with one attached hydrogen (secondary N) is 3. The van der Waals surface area contributed by atoms with E-state index in [1.807, 2.05) is 0 Å². The number of carbonyl (C=O) groups is 2. The van der Waals surface area contributed by atoms with E-state index in [9.17, 15) is 18.4 Å². The quantitative estimate of drug-likeness (QED) is 0.431. The predicted octanol–water partition coefficient (Wildman–Crippen LogP) is 4.70. The Morgan fingerprint density at radius 3 is 2.27 bits per heavy atom. The third-order valence-electron chi connectivity index (χ3n) is 5.00. The van der Waals surface area contributed by atoms with Gasteiger partial charge in [0.2, 0.25) is 0 Å². The molecule has 33 heavy (non-hydrogen) atoms. The number of esters is 1. The van der Waals surface area contributed by atoms with Crippen molar-refractivity contribution in [1.29, 1.82) is 0 Å². The molecule has 2 amide bonds. The fraction of sp³-hybridized carbons (Fsp3) is 0.261. The summed E-state index contributed by atoms with van der Waals surface area (Å²) >= 11 is 5.39. The van der Waals surface area contributed by atoms with Crippen molar-refractivity contribution in [3.8, 4) is 0 Å². The van der Waals surface area contributed by atoms with E-state index in [-0.39, 0.29) is 11.8 Å². The lowest BCUT2D eigenvalue weighted by atomic mass is 9.95. The highest BCUT2D eigenvalue weighted by molar-refractivity contribution is 7.80. The van der Waals surface area contributed by atoms with Crippen LogP contribution in [0, 0.1) is 11.6 Å². The van der Waals surface area contributed by atoms with Gasteiger partial charge in [-0.1, -0.05) is 12.1 Å². The summed E-state index contributed by atoms with van der Waals surface area (Å²) in [5.41, 5.74) is 2.44. The zero-order valence-electron chi connectivity index (χ0n) is 18.5. The molecule has 1 heterocycles. The molecule has 174 valence electrons. The molecule has 1 aliphatic rings. The molecule has 0 aliphatic carbocycles. The van der Waals surface area contributed by atoms with Crippen LogP contribution in [0.5, 0.6) is 0 Å². The van der Waals surface area contributed by atoms with Gasteiger partial charge in [-0.05, 0) is 62.8 Å². The number of rotatable bonds is 5. The molecule has 0 bridgehead atoms. The fourth-order valence-electron chi connectivity index (χ4n) is 3.25. The summed E-state index contributed by atoms with van der Waals surface area (Å²) in [5, 5.41) is 8.66. The van der Waals surface area contributed by atoms with Crippen LogP contribution in [-0.4, -0.2) is 35.2 Å². The lowest BCUT2D eigenvalue weighted by Gasteiger charge is -2.35. The van der Waals surface area contributed by atoms with Crippen LogP contribution in [0.4, 0.5) is 25.0 Å². The van der Waals surface area contributed by atoms with E-state index in [4.69, 9.17) is 17.0 Å². The van der Waals surface area contributed by atoms with Crippen LogP contribution < -0.4 is 16.0 Å². The molecule has 0 spiro atoms. The van der Waals surface area contributed by atoms with Crippen molar-refractivity contribution in [3.05, 3.63) is 70.9 Å². The molecule has 1 atom stereocenters. The van der Waals surface area contributed by atoms with E-state index in [0.717, 1.165) is 17.7 Å². The second kappa shape index (κ2) is 9.95. The van der Waals surface area contributed by atoms with Crippen LogP contribution in [0.3, 0.4) is 0 Å². The Morgan fingerprint density at radius 2 is 1.67 bits per heavy atom. The summed E-state index contributed by atoms with van der Waals surface area (Å²) in [6.07, 6.45) is -0.280. The van der Waals surface area contributed by atoms with E-state index in [1.165, 1.54) is 6.07 Å². The standard InChI is InChI=1S/C23H24F2N4O3S/c1-12(2)32-21(30)19-13(3)29(4)23(33)28-20(19)14-5-7-15(8-6-14)26-22(31)27-16-9-10-17(24)18(25)11-16/h5-12,20H,1-4H3,(H,28,33)(H2,26,27,31). The summed E-state index contributed by atoms with van der Waals surface area (Å²) in [5.74, 6) is -2.50. The van der Waals surface area contributed by atoms with Crippen molar-refractivity contribution >= 4 is 40.7 Å². The molecule has 0 saturated carbocycles. The molecule has 10 heteroatoms. The number of ether oxygens (including phenoxy) is 1. The largest absolute Gasteiger partial charge is 0.459 e. The molecule has 3 N–H and O–H groups in total. The Kier molecular flexibility index (Phi) is 7.27. The van der Waals surface area contributed by atoms with E-state index >= 15 is 0 Å². The zero-order valence-corrected chi connectivity index (χ0v) is 19.3. The maximum Gasteiger partial charge on any atom is 0.338 e. The zero-order chi connectivity index (χ0) is 24.3. The number of urea groups is 1. The molecule has 3 rings (SSSR count). The number of halogens is 2. The number of carbonyl (C=O) groups excluding carboxylic acids is 2. The second-order valence-corrected chi connectivity index (χ2v) is 8.11. The highest BCUT2D eigenvalue weighted by Crippen LogP contribution is 2.31. The molecule has 2 aromatic carbocycles. The van der Waals surface area contributed by atoms with Crippen LogP contribution in [0.25, 0.3) is 0 Å². The number of thiocarbonyl (C=S) groups is 1. The molecule has 1 aliphatic heterocycles. The van der Waals surface area contributed by atoms with Crippen LogP contribution in [0.1, 0.15) is 32.4 Å². The summed E-state index contributed by atoms with van der Waals surface area (Å²) in [4.78, 5) is 26.7. The Hall–Kier alpha value is -3.53. The van der Waals surface area contributed by atoms with Crippen molar-refractivity contribution in [3.63, 3.8) is 0 Å². The van der Waals surface area contributed by atoms with Gasteiger partial charge in [0, 0.05) is 30.2 Å². The highest BCUT2D eigenvalue weighted by Gasteiger charge is 2.33. The van der Waals surface area contributed by atoms with Gasteiger partial charge in [-0.15, -0.1) is 0 Å². The van der Waals surface area contributed by atoms with E-state index in [0.29, 0.717) is 22.1 Å². The second-order valence-electron chi connectivity index (χ2n) is 7.72. The number of amides is 2. The van der Waals surface area contributed by atoms with Gasteiger partial charge >= 0.3 is 12.0 Å². The minimum atomic E-state index is -1.06. The van der Waals surface area contributed by atoms with Crippen LogP contribution in [0.15, 0.2) is 53.7 Å². The summed E-state index contributed by atoms with van der Waals surface area (Å²) in [6, 6.07) is 8.73. The lowest BCUT2D eigenvalue weighted by molar-refractivity contribution is -0.143. The molecular weight excluding hydrogens is 450 g/mol. The minimum absolute atomic E-state index is 0.112. The third-order valence-corrected chi connectivity index (χ3v) is 5.39. The van der Waals surface area contributed by atoms with Gasteiger partial charge in [0.05, 0.1) is 17.7 Å². The maximum atomic E-state index is 13.3. The van der Waals surface area contributed by atoms with E-state index < -0.39 is 29.7 Å². The van der Waals surface area contributed by atoms with Gasteiger partial charge in [0.1, 0.15) is 0 Å². The maximum absolute atomic E-state index is 13.3. The molecule has 2 aromatic rings. The average Bonchev–Trinajstić information content (AvgIpc) is 2.74. The van der Waals surface area contributed by atoms with Crippen molar-refractivity contribution in [1.82, 2.24) is 10.2 Å². The summed E-state index contributed by atoms with van der Waals surface area (Å²) < 4.78 is 31.8. The first kappa shape index (κ1) is 24.1. The average molecular weight is 475 g/mol. The van der Waals surface area contributed by atoms with Crippen LogP contribution >= 0.6 is 12.2 Å². The normalized spacial score (nSPS) is 15.9. The molecule has 0 radical (unpaired) electrons. The first-order valence-electron chi connectivity index (χ1n) is 10.2. The Morgan fingerprint density at radius 1 is 1.06 bits per heavy atom. The number of anilines is 2. The lowest BCUT2D eigenvalue weighted by Crippen LogP contribution is -2.46. The molecule has 7 nitrogen and oxygen atoms in total. The minimum Gasteiger partial charge on any atom is -0.459 e. The molecule has 0 saturated heterocycles. The first-order chi connectivity index (χ1) is 15.6. The van der Waals surface area contributed by atoms with Gasteiger partial charge in [0.15, 0.2) is 16.7 Å². The van der Waals surface area contributed by atoms with Crippen molar-refractivity contribution in [2.45, 2.75) is 32.9 Å². The monoisotopic (exact) mass is 474 g/mol. The number of hydrogen-bond donors (Lipinski definition) is 3. The predicted molar refractivity (Wildman–Crippen MR) is 126 cm³/mol. The summed E-state index contributed by atoms with van der Waals surface area (Å²) in [7, 11) is 1.77. The first-order valence-corrected chi connectivity index (χ1v) is 10.6. The van der Waals surface area contributed by atoms with Crippen LogP contribution in [0.2, 0.25) is 0 Å². The summed E-state index contributed by atoms with van der Waals surface area (Å²) in [6.45, 7) is 5.36. The molecule has 1 unspecified atom stereocenters. The van der Waals surface area contributed by atoms with Crippen LogP contribution in [-0.2, 0) is 9.53 Å². The van der Waals surface area contributed by atoms with Gasteiger partial charge in [-0.3, -0.25) is 0 Å². The molecular formula is C23H24F2N4O3S. The number of allylic oxidation sites excluding steroid dienone is 1. The van der Waals surface area contributed by atoms with E-state index in [1.54, 1.807) is 57.0 Å². The number of nitrogens with zero attached hydrogens (tertiary/aromatic N) is 1. The van der Waals surface area contributed by atoms with Crippen molar-refractivity contribution in [2.75, 3.05) is 17.7 Å². The van der Waals surface area contributed by atoms with Crippen molar-refractivity contribution in [2.24, 2.45) is 0 Å². The SMILES string of the molecule is CC1=C(C(=O)OC(C)C)C(c2ccc(NC(=O)Nc3ccc(F)c(F)c3)cc2)NC(=S)N1C. The highest BCUT2D eigenvalue weighted by atomic mass is 32.1. The van der Waals surface area contributed by atoms with Gasteiger partial charge < -0.3 is 25.6 Å². The van der Waals surface area contributed by atoms with Gasteiger partial charge in [-0.2, -0.15) is 0 Å². The Labute approximate surface area is 195 Å². The molecule has 0 fully saturated rings. The fourth-order valence-corrected chi connectivity index (χ4v) is 3.51. The Bertz CT molecular complexity index is 1120. The van der Waals surface area contributed by atoms with Gasteiger partial charge in [0.25, 0.3) is 0 Å². The number of benzene rings is 2. The van der Waals surface area contributed by atoms with Gasteiger partial charge in [-0.25, -0.2) is 18.4 Å². The third kappa shape index (κ3) is 5.64. The smallest absolute Gasteiger partial charge is 0.338 e.